The van der Waals surface area contributed by atoms with Gasteiger partial charge in [-0.15, -0.1) is 0 Å². The van der Waals surface area contributed by atoms with Crippen LogP contribution in [0.5, 0.6) is 5.75 Å². The maximum absolute atomic E-state index is 12.2. The summed E-state index contributed by atoms with van der Waals surface area (Å²) in [5.41, 5.74) is 1.18. The normalized spacial score (nSPS) is 19.3. The molecule has 1 amide bonds. The first-order valence-corrected chi connectivity index (χ1v) is 6.84. The van der Waals surface area contributed by atoms with Crippen LogP contribution in [0.1, 0.15) is 18.9 Å². The van der Waals surface area contributed by atoms with Crippen LogP contribution in [0.25, 0.3) is 0 Å². The fraction of sp³-hybridized carbons (Fsp3) is 0.533. The summed E-state index contributed by atoms with van der Waals surface area (Å²) in [6, 6.07) is 8.22. The topological polar surface area (TPSA) is 41.6 Å². The number of amides is 1. The predicted octanol–water partition coefficient (Wildman–Crippen LogP) is 1.45. The Morgan fingerprint density at radius 3 is 2.79 bits per heavy atom. The zero-order valence-electron chi connectivity index (χ0n) is 11.7. The molecule has 1 aliphatic heterocycles. The van der Waals surface area contributed by atoms with Crippen molar-refractivity contribution in [1.29, 1.82) is 0 Å². The molecule has 1 atom stereocenters. The number of piperazine rings is 1. The van der Waals surface area contributed by atoms with Crippen LogP contribution in [-0.4, -0.2) is 43.6 Å². The van der Waals surface area contributed by atoms with Crippen LogP contribution in [0.4, 0.5) is 0 Å². The van der Waals surface area contributed by atoms with Crippen molar-refractivity contribution in [2.75, 3.05) is 26.7 Å². The van der Waals surface area contributed by atoms with E-state index in [0.29, 0.717) is 12.5 Å². The molecule has 19 heavy (non-hydrogen) atoms. The van der Waals surface area contributed by atoms with Gasteiger partial charge in [-0.25, -0.2) is 0 Å². The first kappa shape index (κ1) is 13.9. The van der Waals surface area contributed by atoms with Crippen molar-refractivity contribution in [1.82, 2.24) is 10.2 Å². The molecule has 1 saturated heterocycles. The van der Waals surface area contributed by atoms with Crippen LogP contribution in [0.2, 0.25) is 0 Å². The molecule has 0 radical (unpaired) electrons. The van der Waals surface area contributed by atoms with Crippen molar-refractivity contribution < 1.29 is 9.53 Å². The highest BCUT2D eigenvalue weighted by molar-refractivity contribution is 5.77. The maximum atomic E-state index is 12.2. The lowest BCUT2D eigenvalue weighted by atomic mass is 10.1. The molecular weight excluding hydrogens is 240 g/mol. The summed E-state index contributed by atoms with van der Waals surface area (Å²) in [7, 11) is 1.66. The summed E-state index contributed by atoms with van der Waals surface area (Å²) in [6.07, 6.45) is 1.37. The van der Waals surface area contributed by atoms with E-state index in [-0.39, 0.29) is 5.91 Å². The van der Waals surface area contributed by atoms with Gasteiger partial charge in [-0.2, -0.15) is 0 Å². The molecule has 0 spiro atoms. The van der Waals surface area contributed by atoms with E-state index in [9.17, 15) is 4.79 Å². The molecule has 1 fully saturated rings. The molecule has 1 aromatic rings. The zero-order valence-corrected chi connectivity index (χ0v) is 11.7. The summed E-state index contributed by atoms with van der Waals surface area (Å²) < 4.78 is 5.12. The molecule has 104 valence electrons. The van der Waals surface area contributed by atoms with Gasteiger partial charge in [0.2, 0.25) is 5.91 Å². The van der Waals surface area contributed by atoms with Gasteiger partial charge in [-0.05, 0) is 31.0 Å². The summed E-state index contributed by atoms with van der Waals surface area (Å²) >= 11 is 0. The second-order valence-electron chi connectivity index (χ2n) is 4.99. The second-order valence-corrected chi connectivity index (χ2v) is 4.99. The van der Waals surface area contributed by atoms with Gasteiger partial charge in [0, 0.05) is 32.1 Å². The number of nitrogens with zero attached hydrogens (tertiary/aromatic N) is 1. The van der Waals surface area contributed by atoms with Crippen LogP contribution in [-0.2, 0) is 11.2 Å². The molecule has 1 aliphatic rings. The Morgan fingerprint density at radius 1 is 1.42 bits per heavy atom. The number of benzene rings is 1. The van der Waals surface area contributed by atoms with Gasteiger partial charge in [-0.3, -0.25) is 4.79 Å². The monoisotopic (exact) mass is 262 g/mol. The fourth-order valence-electron chi connectivity index (χ4n) is 2.40. The maximum Gasteiger partial charge on any atom is 0.223 e. The van der Waals surface area contributed by atoms with Crippen LogP contribution in [0.15, 0.2) is 24.3 Å². The van der Waals surface area contributed by atoms with Crippen molar-refractivity contribution in [3.63, 3.8) is 0 Å². The highest BCUT2D eigenvalue weighted by atomic mass is 16.5. The van der Waals surface area contributed by atoms with Crippen LogP contribution in [0, 0.1) is 0 Å². The SMILES string of the molecule is COc1ccc(CCC(=O)N2CCNCC2C)cc1. The number of nitrogens with one attached hydrogen (secondary N) is 1. The molecule has 2 rings (SSSR count). The van der Waals surface area contributed by atoms with Gasteiger partial charge in [0.25, 0.3) is 0 Å². The van der Waals surface area contributed by atoms with E-state index in [4.69, 9.17) is 4.74 Å². The fourth-order valence-corrected chi connectivity index (χ4v) is 2.40. The number of hydrogen-bond acceptors (Lipinski definition) is 3. The number of rotatable bonds is 4. The standard InChI is InChI=1S/C15H22N2O2/c1-12-11-16-9-10-17(12)15(18)8-5-13-3-6-14(19-2)7-4-13/h3-4,6-7,12,16H,5,8-11H2,1-2H3. The third kappa shape index (κ3) is 3.70. The van der Waals surface area contributed by atoms with E-state index in [1.807, 2.05) is 29.2 Å². The Morgan fingerprint density at radius 2 is 2.16 bits per heavy atom. The van der Waals surface area contributed by atoms with Crippen molar-refractivity contribution >= 4 is 5.91 Å². The van der Waals surface area contributed by atoms with Gasteiger partial charge in [0.05, 0.1) is 7.11 Å². The van der Waals surface area contributed by atoms with Crippen molar-refractivity contribution in [3.05, 3.63) is 29.8 Å². The quantitative estimate of drug-likeness (QED) is 0.893. The Balaban J connectivity index is 1.85. The number of aryl methyl sites for hydroxylation is 1. The van der Waals surface area contributed by atoms with E-state index < -0.39 is 0 Å². The van der Waals surface area contributed by atoms with E-state index in [1.54, 1.807) is 7.11 Å². The minimum Gasteiger partial charge on any atom is -0.497 e. The summed E-state index contributed by atoms with van der Waals surface area (Å²) in [6.45, 7) is 4.72. The molecule has 4 heteroatoms. The van der Waals surface area contributed by atoms with Crippen LogP contribution in [0.3, 0.4) is 0 Å². The summed E-state index contributed by atoms with van der Waals surface area (Å²) in [5.74, 6) is 1.11. The Bertz CT molecular complexity index is 417. The molecule has 1 aromatic carbocycles. The summed E-state index contributed by atoms with van der Waals surface area (Å²) in [5, 5.41) is 3.30. The van der Waals surface area contributed by atoms with Gasteiger partial charge >= 0.3 is 0 Å². The van der Waals surface area contributed by atoms with E-state index in [1.165, 1.54) is 5.56 Å². The number of carbonyl (C=O) groups is 1. The molecule has 0 saturated carbocycles. The predicted molar refractivity (Wildman–Crippen MR) is 75.4 cm³/mol. The minimum absolute atomic E-state index is 0.254. The lowest BCUT2D eigenvalue weighted by molar-refractivity contribution is -0.133. The Hall–Kier alpha value is -1.55. The number of carbonyl (C=O) groups excluding carboxylic acids is 1. The van der Waals surface area contributed by atoms with Crippen molar-refractivity contribution in [2.24, 2.45) is 0 Å². The largest absolute Gasteiger partial charge is 0.497 e. The Labute approximate surface area is 114 Å². The molecule has 1 heterocycles. The second kappa shape index (κ2) is 6.57. The lowest BCUT2D eigenvalue weighted by Gasteiger charge is -2.34. The van der Waals surface area contributed by atoms with Gasteiger partial charge < -0.3 is 15.0 Å². The van der Waals surface area contributed by atoms with Crippen molar-refractivity contribution in [2.45, 2.75) is 25.8 Å². The molecule has 1 unspecified atom stereocenters. The number of methoxy groups -OCH3 is 1. The zero-order chi connectivity index (χ0) is 13.7. The van der Waals surface area contributed by atoms with Gasteiger partial charge in [0.1, 0.15) is 5.75 Å². The van der Waals surface area contributed by atoms with Crippen LogP contribution < -0.4 is 10.1 Å². The Kier molecular flexibility index (Phi) is 4.80. The molecule has 0 bridgehead atoms. The molecular formula is C15H22N2O2. The van der Waals surface area contributed by atoms with E-state index >= 15 is 0 Å². The van der Waals surface area contributed by atoms with E-state index in [0.717, 1.165) is 31.8 Å². The molecule has 1 N–H and O–H groups in total. The first-order chi connectivity index (χ1) is 9.20. The summed E-state index contributed by atoms with van der Waals surface area (Å²) in [4.78, 5) is 14.2. The highest BCUT2D eigenvalue weighted by Crippen LogP contribution is 2.14. The average Bonchev–Trinajstić information content (AvgIpc) is 2.46. The smallest absolute Gasteiger partial charge is 0.223 e. The molecule has 4 nitrogen and oxygen atoms in total. The van der Waals surface area contributed by atoms with Gasteiger partial charge in [-0.1, -0.05) is 12.1 Å². The average molecular weight is 262 g/mol. The minimum atomic E-state index is 0.254. The number of hydrogen-bond donors (Lipinski definition) is 1. The lowest BCUT2D eigenvalue weighted by Crippen LogP contribution is -2.52. The number of ether oxygens (including phenoxy) is 1. The third-order valence-corrected chi connectivity index (χ3v) is 3.61. The molecule has 0 aromatic heterocycles. The first-order valence-electron chi connectivity index (χ1n) is 6.84. The molecule has 0 aliphatic carbocycles. The highest BCUT2D eigenvalue weighted by Gasteiger charge is 2.22. The third-order valence-electron chi connectivity index (χ3n) is 3.61. The van der Waals surface area contributed by atoms with Gasteiger partial charge in [0.15, 0.2) is 0 Å². The van der Waals surface area contributed by atoms with E-state index in [2.05, 4.69) is 12.2 Å². The van der Waals surface area contributed by atoms with Crippen LogP contribution >= 0.6 is 0 Å². The van der Waals surface area contributed by atoms with Crippen molar-refractivity contribution in [3.8, 4) is 5.75 Å².